The van der Waals surface area contributed by atoms with E-state index in [-0.39, 0.29) is 6.54 Å². The first-order chi connectivity index (χ1) is 10.8. The van der Waals surface area contributed by atoms with Crippen LogP contribution in [0.5, 0.6) is 0 Å². The Morgan fingerprint density at radius 3 is 2.91 bits per heavy atom. The van der Waals surface area contributed by atoms with Crippen LogP contribution in [0.1, 0.15) is 23.6 Å². The summed E-state index contributed by atoms with van der Waals surface area (Å²) in [6, 6.07) is 2.90. The summed E-state index contributed by atoms with van der Waals surface area (Å²) in [6.45, 7) is -0.389. The van der Waals surface area contributed by atoms with Gasteiger partial charge in [-0.05, 0) is 36.1 Å². The summed E-state index contributed by atoms with van der Waals surface area (Å²) >= 11 is 1.32. The van der Waals surface area contributed by atoms with Crippen LogP contribution < -0.4 is 5.73 Å². The van der Waals surface area contributed by atoms with Gasteiger partial charge in [0.15, 0.2) is 5.13 Å². The highest BCUT2D eigenvalue weighted by Gasteiger charge is 2.45. The number of anilines is 1. The van der Waals surface area contributed by atoms with Gasteiger partial charge in [-0.3, -0.25) is 4.79 Å². The van der Waals surface area contributed by atoms with E-state index in [0.29, 0.717) is 34.0 Å². The first-order valence-electron chi connectivity index (χ1n) is 6.81. The summed E-state index contributed by atoms with van der Waals surface area (Å²) in [5, 5.41) is 0.395. The van der Waals surface area contributed by atoms with Gasteiger partial charge in [0.05, 0.1) is 22.8 Å². The summed E-state index contributed by atoms with van der Waals surface area (Å²) in [5.41, 5.74) is 7.86. The third-order valence-corrected chi connectivity index (χ3v) is 4.70. The van der Waals surface area contributed by atoms with Crippen molar-refractivity contribution in [1.29, 1.82) is 0 Å². The fourth-order valence-corrected chi connectivity index (χ4v) is 3.71. The van der Waals surface area contributed by atoms with Crippen molar-refractivity contribution in [1.82, 2.24) is 9.88 Å². The average molecular weight is 339 g/mol. The minimum atomic E-state index is -4.95. The highest BCUT2D eigenvalue weighted by atomic mass is 32.1. The Labute approximate surface area is 134 Å². The molecule has 1 aromatic heterocycles. The van der Waals surface area contributed by atoms with Gasteiger partial charge in [0, 0.05) is 0 Å². The van der Waals surface area contributed by atoms with Crippen molar-refractivity contribution < 1.29 is 18.0 Å². The number of carbonyl (C=O) groups is 1. The number of hydrogen-bond donors (Lipinski definition) is 1. The largest absolute Gasteiger partial charge is 0.471 e. The Hall–Kier alpha value is -2.27. The number of hydrogen-bond acceptors (Lipinski definition) is 4. The number of thiazole rings is 1. The summed E-state index contributed by atoms with van der Waals surface area (Å²) in [7, 11) is 0. The number of halogens is 3. The molecule has 1 aliphatic rings. The molecule has 2 aromatic rings. The molecule has 0 fully saturated rings. The molecule has 1 unspecified atom stereocenters. The Bertz CT molecular complexity index is 822. The number of nitrogens with zero attached hydrogens (tertiary/aromatic N) is 2. The third-order valence-electron chi connectivity index (χ3n) is 3.85. The van der Waals surface area contributed by atoms with Crippen LogP contribution in [-0.2, 0) is 11.2 Å². The number of alkyl halides is 3. The van der Waals surface area contributed by atoms with Crippen molar-refractivity contribution in [2.75, 3.05) is 12.3 Å². The molecule has 120 valence electrons. The van der Waals surface area contributed by atoms with Crippen LogP contribution in [-0.4, -0.2) is 28.5 Å². The van der Waals surface area contributed by atoms with Crippen molar-refractivity contribution in [3.05, 3.63) is 23.3 Å². The van der Waals surface area contributed by atoms with Crippen molar-refractivity contribution in [3.8, 4) is 12.3 Å². The van der Waals surface area contributed by atoms with Gasteiger partial charge in [-0.2, -0.15) is 13.2 Å². The monoisotopic (exact) mass is 339 g/mol. The minimum Gasteiger partial charge on any atom is -0.375 e. The lowest BCUT2D eigenvalue weighted by Crippen LogP contribution is -2.43. The lowest BCUT2D eigenvalue weighted by Gasteiger charge is -2.28. The van der Waals surface area contributed by atoms with Crippen LogP contribution in [0.15, 0.2) is 12.1 Å². The number of carbonyl (C=O) groups excluding carboxylic acids is 1. The van der Waals surface area contributed by atoms with E-state index in [2.05, 4.69) is 10.9 Å². The zero-order valence-electron chi connectivity index (χ0n) is 11.9. The first-order valence-corrected chi connectivity index (χ1v) is 7.63. The zero-order chi connectivity index (χ0) is 16.8. The highest BCUT2D eigenvalue weighted by Crippen LogP contribution is 2.40. The molecule has 0 saturated carbocycles. The second kappa shape index (κ2) is 5.42. The van der Waals surface area contributed by atoms with E-state index in [1.54, 1.807) is 6.07 Å². The lowest BCUT2D eigenvalue weighted by molar-refractivity contribution is -0.187. The maximum atomic E-state index is 12.8. The van der Waals surface area contributed by atoms with Gasteiger partial charge < -0.3 is 10.6 Å². The highest BCUT2D eigenvalue weighted by molar-refractivity contribution is 7.22. The molecule has 0 spiro atoms. The van der Waals surface area contributed by atoms with Gasteiger partial charge in [0.2, 0.25) is 0 Å². The average Bonchev–Trinajstić information content (AvgIpc) is 3.02. The molecular formula is C15H12F3N3OS. The molecule has 0 bridgehead atoms. The number of rotatable bonds is 2. The quantitative estimate of drug-likeness (QED) is 0.856. The van der Waals surface area contributed by atoms with E-state index >= 15 is 0 Å². The van der Waals surface area contributed by atoms with Crippen LogP contribution >= 0.6 is 11.3 Å². The van der Waals surface area contributed by atoms with Crippen LogP contribution in [0.2, 0.25) is 0 Å². The topological polar surface area (TPSA) is 59.2 Å². The molecular weight excluding hydrogens is 327 g/mol. The van der Waals surface area contributed by atoms with Gasteiger partial charge >= 0.3 is 12.1 Å². The van der Waals surface area contributed by atoms with Crippen molar-refractivity contribution in [2.45, 2.75) is 25.1 Å². The molecule has 8 heteroatoms. The molecule has 2 N–H and O–H groups in total. The summed E-state index contributed by atoms with van der Waals surface area (Å²) in [4.78, 5) is 16.6. The Kier molecular flexibility index (Phi) is 3.68. The van der Waals surface area contributed by atoms with Gasteiger partial charge in [-0.1, -0.05) is 17.3 Å². The van der Waals surface area contributed by atoms with Gasteiger partial charge in [0.1, 0.15) is 0 Å². The van der Waals surface area contributed by atoms with Crippen molar-refractivity contribution in [3.63, 3.8) is 0 Å². The maximum absolute atomic E-state index is 12.8. The molecule has 1 aromatic carbocycles. The van der Waals surface area contributed by atoms with Crippen LogP contribution in [0, 0.1) is 12.3 Å². The minimum absolute atomic E-state index is 0.389. The number of benzene rings is 1. The molecule has 3 rings (SSSR count). The number of nitrogens with two attached hydrogens (primary N) is 1. The van der Waals surface area contributed by atoms with Crippen LogP contribution in [0.4, 0.5) is 18.3 Å². The molecule has 0 radical (unpaired) electrons. The smallest absolute Gasteiger partial charge is 0.375 e. The maximum Gasteiger partial charge on any atom is 0.471 e. The van der Waals surface area contributed by atoms with E-state index in [0.717, 1.165) is 10.3 Å². The number of terminal acetylenes is 1. The van der Waals surface area contributed by atoms with Crippen LogP contribution in [0.25, 0.3) is 10.2 Å². The number of fused-ring (bicyclic) bond motifs is 2. The molecule has 23 heavy (non-hydrogen) atoms. The molecule has 0 saturated heterocycles. The van der Waals surface area contributed by atoms with Crippen molar-refractivity contribution in [2.24, 2.45) is 0 Å². The molecule has 0 aliphatic heterocycles. The normalized spacial score (nSPS) is 17.0. The first kappa shape index (κ1) is 15.6. The standard InChI is InChI=1S/C15H12F3N3OS/c1-2-5-21(13(22)15(16,17)18)11-4-3-8-6-12-10(7-9(8)11)20-14(19)23-12/h1,6-7,11H,3-5H2,(H2,19,20). The summed E-state index contributed by atoms with van der Waals surface area (Å²) in [5.74, 6) is 0.230. The molecule has 4 nitrogen and oxygen atoms in total. The van der Waals surface area contributed by atoms with E-state index in [1.165, 1.54) is 11.3 Å². The number of nitrogen functional groups attached to an aromatic ring is 1. The van der Waals surface area contributed by atoms with Crippen molar-refractivity contribution >= 4 is 32.6 Å². The molecule has 1 amide bonds. The predicted molar refractivity (Wildman–Crippen MR) is 81.7 cm³/mol. The zero-order valence-corrected chi connectivity index (χ0v) is 12.7. The Morgan fingerprint density at radius 1 is 1.52 bits per heavy atom. The number of aromatic nitrogens is 1. The lowest BCUT2D eigenvalue weighted by atomic mass is 10.1. The van der Waals surface area contributed by atoms with Gasteiger partial charge in [0.25, 0.3) is 0 Å². The molecule has 1 aliphatic carbocycles. The van der Waals surface area contributed by atoms with Gasteiger partial charge in [-0.15, -0.1) is 6.42 Å². The number of amides is 1. The SMILES string of the molecule is C#CCN(C(=O)C(F)(F)F)C1CCc2cc3sc(N)nc3cc21. The fourth-order valence-electron chi connectivity index (χ4n) is 2.93. The fraction of sp³-hybridized carbons (Fsp3) is 0.333. The molecule has 1 heterocycles. The summed E-state index contributed by atoms with van der Waals surface area (Å²) in [6.07, 6.45) is 1.20. The second-order valence-corrected chi connectivity index (χ2v) is 6.32. The predicted octanol–water partition coefficient (Wildman–Crippen LogP) is 2.89. The second-order valence-electron chi connectivity index (χ2n) is 5.26. The summed E-state index contributed by atoms with van der Waals surface area (Å²) < 4.78 is 39.3. The van der Waals surface area contributed by atoms with Gasteiger partial charge in [-0.25, -0.2) is 4.98 Å². The molecule has 1 atom stereocenters. The van der Waals surface area contributed by atoms with E-state index in [1.807, 2.05) is 6.07 Å². The Balaban J connectivity index is 2.03. The Morgan fingerprint density at radius 2 is 2.26 bits per heavy atom. The van der Waals surface area contributed by atoms with E-state index in [9.17, 15) is 18.0 Å². The third kappa shape index (κ3) is 2.72. The number of aryl methyl sites for hydroxylation is 1. The van der Waals surface area contributed by atoms with E-state index in [4.69, 9.17) is 12.2 Å². The van der Waals surface area contributed by atoms with E-state index < -0.39 is 18.1 Å². The van der Waals surface area contributed by atoms with Crippen LogP contribution in [0.3, 0.4) is 0 Å².